The number of nitrogens with zero attached hydrogens (tertiary/aromatic N) is 1. The Morgan fingerprint density at radius 2 is 2.12 bits per heavy atom. The third-order valence-electron chi connectivity index (χ3n) is 3.96. The van der Waals surface area contributed by atoms with Crippen LogP contribution in [0.3, 0.4) is 0 Å². The molecule has 0 bridgehead atoms. The zero-order valence-corrected chi connectivity index (χ0v) is 11.1. The van der Waals surface area contributed by atoms with Gasteiger partial charge in [-0.15, -0.1) is 0 Å². The van der Waals surface area contributed by atoms with E-state index < -0.39 is 15.3 Å². The van der Waals surface area contributed by atoms with Crippen molar-refractivity contribution in [1.82, 2.24) is 4.90 Å². The molecule has 2 fully saturated rings. The summed E-state index contributed by atoms with van der Waals surface area (Å²) in [4.78, 5) is 13.9. The van der Waals surface area contributed by atoms with E-state index in [1.165, 1.54) is 0 Å². The van der Waals surface area contributed by atoms with Crippen molar-refractivity contribution < 1.29 is 17.9 Å². The second-order valence-electron chi connectivity index (χ2n) is 5.10. The fraction of sp³-hybridized carbons (Fsp3) is 0.909. The van der Waals surface area contributed by atoms with Gasteiger partial charge < -0.3 is 9.64 Å². The number of carbonyl (C=O) groups is 1. The fourth-order valence-electron chi connectivity index (χ4n) is 2.45. The third kappa shape index (κ3) is 2.20. The van der Waals surface area contributed by atoms with Crippen LogP contribution < -0.4 is 0 Å². The number of hydrogen-bond donors (Lipinski definition) is 0. The number of amides is 1. The molecule has 2 aliphatic rings. The van der Waals surface area contributed by atoms with Gasteiger partial charge in [-0.1, -0.05) is 6.92 Å². The molecule has 0 spiro atoms. The van der Waals surface area contributed by atoms with Crippen molar-refractivity contribution in [2.75, 3.05) is 31.8 Å². The van der Waals surface area contributed by atoms with E-state index in [1.807, 2.05) is 6.92 Å². The Balaban J connectivity index is 2.05. The molecule has 2 heterocycles. The maximum Gasteiger partial charge on any atom is 0.233 e. The second kappa shape index (κ2) is 4.24. The molecule has 98 valence electrons. The van der Waals surface area contributed by atoms with Gasteiger partial charge in [-0.05, 0) is 12.8 Å². The summed E-state index contributed by atoms with van der Waals surface area (Å²) in [6.45, 7) is 2.90. The summed E-state index contributed by atoms with van der Waals surface area (Å²) in [5, 5.41) is 0. The molecular weight excluding hydrogens is 242 g/mol. The van der Waals surface area contributed by atoms with E-state index in [1.54, 1.807) is 11.9 Å². The molecule has 5 nitrogen and oxygen atoms in total. The lowest BCUT2D eigenvalue weighted by Gasteiger charge is -2.42. The van der Waals surface area contributed by atoms with E-state index in [2.05, 4.69) is 0 Å². The van der Waals surface area contributed by atoms with Crippen LogP contribution in [0.15, 0.2) is 0 Å². The zero-order chi connectivity index (χ0) is 12.7. The van der Waals surface area contributed by atoms with Gasteiger partial charge in [0.2, 0.25) is 5.91 Å². The molecule has 0 aromatic rings. The third-order valence-corrected chi connectivity index (χ3v) is 5.71. The highest BCUT2D eigenvalue weighted by atomic mass is 32.2. The van der Waals surface area contributed by atoms with Gasteiger partial charge >= 0.3 is 0 Å². The normalized spacial score (nSPS) is 29.6. The number of sulfone groups is 1. The van der Waals surface area contributed by atoms with Crippen molar-refractivity contribution in [3.63, 3.8) is 0 Å². The minimum Gasteiger partial charge on any atom is -0.379 e. The second-order valence-corrected chi connectivity index (χ2v) is 7.33. The van der Waals surface area contributed by atoms with Crippen molar-refractivity contribution >= 4 is 15.7 Å². The first-order valence-electron chi connectivity index (χ1n) is 5.96. The highest BCUT2D eigenvalue weighted by Crippen LogP contribution is 2.34. The molecule has 0 aromatic heterocycles. The van der Waals surface area contributed by atoms with Crippen LogP contribution in [0.25, 0.3) is 0 Å². The van der Waals surface area contributed by atoms with Gasteiger partial charge in [-0.3, -0.25) is 4.79 Å². The Labute approximate surface area is 102 Å². The van der Waals surface area contributed by atoms with Gasteiger partial charge in [0.05, 0.1) is 30.1 Å². The lowest BCUT2D eigenvalue weighted by Crippen LogP contribution is -2.56. The van der Waals surface area contributed by atoms with Crippen LogP contribution >= 0.6 is 0 Å². The molecule has 1 atom stereocenters. The van der Waals surface area contributed by atoms with Crippen molar-refractivity contribution in [1.29, 1.82) is 0 Å². The van der Waals surface area contributed by atoms with Crippen LogP contribution in [0.4, 0.5) is 0 Å². The molecule has 0 saturated carbocycles. The Morgan fingerprint density at radius 1 is 1.47 bits per heavy atom. The molecule has 2 aliphatic heterocycles. The molecule has 0 radical (unpaired) electrons. The smallest absolute Gasteiger partial charge is 0.233 e. The zero-order valence-electron chi connectivity index (χ0n) is 10.3. The van der Waals surface area contributed by atoms with Gasteiger partial charge in [0.15, 0.2) is 9.84 Å². The molecule has 2 saturated heterocycles. The summed E-state index contributed by atoms with van der Waals surface area (Å²) in [5.41, 5.74) is -0.402. The van der Waals surface area contributed by atoms with E-state index in [-0.39, 0.29) is 23.5 Å². The summed E-state index contributed by atoms with van der Waals surface area (Å²) in [6.07, 6.45) is 1.31. The van der Waals surface area contributed by atoms with Crippen LogP contribution in [0.1, 0.15) is 19.8 Å². The molecule has 1 amide bonds. The largest absolute Gasteiger partial charge is 0.379 e. The molecule has 0 aromatic carbocycles. The lowest BCUT2D eigenvalue weighted by molar-refractivity contribution is -0.173. The van der Waals surface area contributed by atoms with Crippen LogP contribution in [0.2, 0.25) is 0 Å². The standard InChI is InChI=1S/C11H19NO4S/c1-3-11(7-16-8-11)10(13)12(2)9-4-5-17(14,15)6-9/h9H,3-8H2,1-2H3. The maximum absolute atomic E-state index is 12.3. The summed E-state index contributed by atoms with van der Waals surface area (Å²) in [7, 11) is -1.23. The number of hydrogen-bond acceptors (Lipinski definition) is 4. The highest BCUT2D eigenvalue weighted by Gasteiger charge is 2.47. The Morgan fingerprint density at radius 3 is 2.47 bits per heavy atom. The predicted molar refractivity (Wildman–Crippen MR) is 63.4 cm³/mol. The molecule has 0 aliphatic carbocycles. The van der Waals surface area contributed by atoms with Gasteiger partial charge in [0.1, 0.15) is 0 Å². The summed E-state index contributed by atoms with van der Waals surface area (Å²) in [5.74, 6) is 0.342. The van der Waals surface area contributed by atoms with E-state index in [0.29, 0.717) is 19.6 Å². The Kier molecular flexibility index (Phi) is 3.20. The number of rotatable bonds is 3. The molecule has 0 N–H and O–H groups in total. The molecular formula is C11H19NO4S. The van der Waals surface area contributed by atoms with E-state index in [9.17, 15) is 13.2 Å². The molecule has 17 heavy (non-hydrogen) atoms. The van der Waals surface area contributed by atoms with Crippen LogP contribution in [0.5, 0.6) is 0 Å². The summed E-state index contributed by atoms with van der Waals surface area (Å²) >= 11 is 0. The average molecular weight is 261 g/mol. The van der Waals surface area contributed by atoms with Gasteiger partial charge in [-0.25, -0.2) is 8.42 Å². The monoisotopic (exact) mass is 261 g/mol. The van der Waals surface area contributed by atoms with Crippen LogP contribution in [-0.4, -0.2) is 57.0 Å². The first kappa shape index (κ1) is 12.8. The van der Waals surface area contributed by atoms with Crippen LogP contribution in [0, 0.1) is 5.41 Å². The van der Waals surface area contributed by atoms with Crippen molar-refractivity contribution in [2.45, 2.75) is 25.8 Å². The molecule has 6 heteroatoms. The van der Waals surface area contributed by atoms with Crippen molar-refractivity contribution in [3.05, 3.63) is 0 Å². The van der Waals surface area contributed by atoms with Crippen LogP contribution in [-0.2, 0) is 19.4 Å². The topological polar surface area (TPSA) is 63.7 Å². The predicted octanol–water partition coefficient (Wildman–Crippen LogP) is 0.0585. The van der Waals surface area contributed by atoms with Crippen molar-refractivity contribution in [3.8, 4) is 0 Å². The first-order valence-corrected chi connectivity index (χ1v) is 7.78. The average Bonchev–Trinajstić information content (AvgIpc) is 2.57. The number of ether oxygens (including phenoxy) is 1. The van der Waals surface area contributed by atoms with Gasteiger partial charge in [-0.2, -0.15) is 0 Å². The minimum absolute atomic E-state index is 0.0355. The van der Waals surface area contributed by atoms with E-state index >= 15 is 0 Å². The quantitative estimate of drug-likeness (QED) is 0.720. The van der Waals surface area contributed by atoms with Crippen molar-refractivity contribution in [2.24, 2.45) is 5.41 Å². The minimum atomic E-state index is -2.94. The highest BCUT2D eigenvalue weighted by molar-refractivity contribution is 7.91. The Bertz CT molecular complexity index is 408. The maximum atomic E-state index is 12.3. The molecule has 2 rings (SSSR count). The molecule has 1 unspecified atom stereocenters. The van der Waals surface area contributed by atoms with E-state index in [0.717, 1.165) is 6.42 Å². The number of carbonyl (C=O) groups excluding carboxylic acids is 1. The first-order chi connectivity index (χ1) is 7.90. The Hall–Kier alpha value is -0.620. The SMILES string of the molecule is CCC1(C(=O)N(C)C2CCS(=O)(=O)C2)COC1. The van der Waals surface area contributed by atoms with Gasteiger partial charge in [0, 0.05) is 13.1 Å². The van der Waals surface area contributed by atoms with E-state index in [4.69, 9.17) is 4.74 Å². The van der Waals surface area contributed by atoms with Gasteiger partial charge in [0.25, 0.3) is 0 Å². The summed E-state index contributed by atoms with van der Waals surface area (Å²) in [6, 6.07) is -0.156. The summed E-state index contributed by atoms with van der Waals surface area (Å²) < 4.78 is 28.0. The fourth-order valence-corrected chi connectivity index (χ4v) is 4.22. The lowest BCUT2D eigenvalue weighted by atomic mass is 9.81.